The molecule has 2 aliphatic rings. The normalized spacial score (nSPS) is 27.7. The van der Waals surface area contributed by atoms with E-state index in [2.05, 4.69) is 6.92 Å². The first-order chi connectivity index (χ1) is 16.3. The van der Waals surface area contributed by atoms with Crippen molar-refractivity contribution in [2.75, 3.05) is 33.9 Å². The summed E-state index contributed by atoms with van der Waals surface area (Å²) in [6, 6.07) is 0. The van der Waals surface area contributed by atoms with Crippen molar-refractivity contribution in [2.24, 2.45) is 0 Å². The van der Waals surface area contributed by atoms with E-state index in [1.807, 2.05) is 21.0 Å². The monoisotopic (exact) mass is 506 g/mol. The van der Waals surface area contributed by atoms with Gasteiger partial charge in [-0.2, -0.15) is 0 Å². The minimum absolute atomic E-state index is 0.121. The van der Waals surface area contributed by atoms with Crippen molar-refractivity contribution in [1.82, 2.24) is 0 Å². The van der Waals surface area contributed by atoms with Crippen LogP contribution in [-0.4, -0.2) is 68.0 Å². The quantitative estimate of drug-likeness (QED) is 0.114. The highest BCUT2D eigenvalue weighted by Crippen LogP contribution is 2.60. The van der Waals surface area contributed by atoms with Crippen LogP contribution in [0.15, 0.2) is 0 Å². The van der Waals surface area contributed by atoms with Gasteiger partial charge in [0.15, 0.2) is 6.10 Å². The maximum Gasteiger partial charge on any atom is 0.480 e. The van der Waals surface area contributed by atoms with Gasteiger partial charge in [0, 0.05) is 13.0 Å². The van der Waals surface area contributed by atoms with Gasteiger partial charge in [-0.25, -0.2) is 9.09 Å². The molecule has 5 atom stereocenters. The molecule has 7 nitrogen and oxygen atoms in total. The second kappa shape index (κ2) is 16.0. The van der Waals surface area contributed by atoms with Crippen LogP contribution in [0.2, 0.25) is 0 Å². The Labute approximate surface area is 209 Å². The molecule has 2 aliphatic heterocycles. The molecule has 2 saturated heterocycles. The Morgan fingerprint density at radius 2 is 1.44 bits per heavy atom. The number of likely N-dealkylation sites (tertiary alicyclic amines) is 1. The van der Waals surface area contributed by atoms with Crippen LogP contribution >= 0.6 is 7.82 Å². The smallest absolute Gasteiger partial charge is 0.388 e. The zero-order valence-corrected chi connectivity index (χ0v) is 23.3. The summed E-state index contributed by atoms with van der Waals surface area (Å²) < 4.78 is 35.7. The molecule has 34 heavy (non-hydrogen) atoms. The minimum atomic E-state index is -3.62. The lowest BCUT2D eigenvalue weighted by Crippen LogP contribution is -2.46. The van der Waals surface area contributed by atoms with Crippen molar-refractivity contribution >= 4 is 7.82 Å². The van der Waals surface area contributed by atoms with E-state index in [1.54, 1.807) is 0 Å². The largest absolute Gasteiger partial charge is 0.480 e. The van der Waals surface area contributed by atoms with Crippen LogP contribution in [-0.2, 0) is 22.9 Å². The maximum atomic E-state index is 12.7. The second-order valence-corrected chi connectivity index (χ2v) is 12.5. The highest BCUT2D eigenvalue weighted by atomic mass is 31.2. The molecule has 0 aromatic rings. The molecule has 8 heteroatoms. The molecule has 5 unspecified atom stereocenters. The van der Waals surface area contributed by atoms with Gasteiger partial charge in [0.25, 0.3) is 0 Å². The van der Waals surface area contributed by atoms with Gasteiger partial charge in [0.05, 0.1) is 33.4 Å². The van der Waals surface area contributed by atoms with Gasteiger partial charge in [0.1, 0.15) is 6.10 Å². The SMILES string of the molecule is CCCCCCCCCCCCCCCCOC(C)C(O)COP1(=O)OC2CC[N+](C)(C)C2O1. The summed E-state index contributed by atoms with van der Waals surface area (Å²) >= 11 is 0. The van der Waals surface area contributed by atoms with E-state index in [4.69, 9.17) is 18.3 Å². The summed E-state index contributed by atoms with van der Waals surface area (Å²) in [6.07, 6.45) is 17.6. The Hall–Kier alpha value is -0.0100. The second-order valence-electron chi connectivity index (χ2n) is 10.9. The molecule has 1 N–H and O–H groups in total. The number of aliphatic hydroxyl groups is 1. The highest BCUT2D eigenvalue weighted by molar-refractivity contribution is 7.48. The van der Waals surface area contributed by atoms with Gasteiger partial charge >= 0.3 is 7.82 Å². The van der Waals surface area contributed by atoms with Crippen molar-refractivity contribution < 1.29 is 32.5 Å². The molecule has 0 spiro atoms. The summed E-state index contributed by atoms with van der Waals surface area (Å²) in [7, 11) is 0.452. The molecule has 0 radical (unpaired) electrons. The van der Waals surface area contributed by atoms with Crippen molar-refractivity contribution in [3.8, 4) is 0 Å². The molecule has 0 saturated carbocycles. The van der Waals surface area contributed by atoms with Crippen LogP contribution < -0.4 is 0 Å². The number of ether oxygens (including phenoxy) is 1. The van der Waals surface area contributed by atoms with Gasteiger partial charge < -0.3 is 14.3 Å². The van der Waals surface area contributed by atoms with E-state index in [1.165, 1.54) is 77.0 Å². The predicted octanol–water partition coefficient (Wildman–Crippen LogP) is 6.58. The first-order valence-electron chi connectivity index (χ1n) is 14.0. The topological polar surface area (TPSA) is 74.2 Å². The summed E-state index contributed by atoms with van der Waals surface area (Å²) in [5.74, 6) is 0. The standard InChI is InChI=1S/C26H53NO6P/c1-5-6-7-8-9-10-11-12-13-14-15-16-17-18-21-30-23(2)24(28)22-31-34(29)32-25-19-20-27(3,4)26(25)33-34/h23-26,28H,5-22H2,1-4H3/q+1. The van der Waals surface area contributed by atoms with Gasteiger partial charge in [0.2, 0.25) is 6.23 Å². The molecule has 2 fully saturated rings. The molecule has 0 aliphatic carbocycles. The van der Waals surface area contributed by atoms with E-state index in [0.717, 1.165) is 25.8 Å². The van der Waals surface area contributed by atoms with Crippen LogP contribution in [0.3, 0.4) is 0 Å². The fraction of sp³-hybridized carbons (Fsp3) is 1.00. The van der Waals surface area contributed by atoms with Crippen LogP contribution in [0, 0.1) is 0 Å². The fourth-order valence-corrected chi connectivity index (χ4v) is 6.55. The number of rotatable bonds is 20. The van der Waals surface area contributed by atoms with Crippen molar-refractivity contribution in [2.45, 2.75) is 135 Å². The summed E-state index contributed by atoms with van der Waals surface area (Å²) in [6.45, 7) is 5.51. The number of nitrogens with zero attached hydrogens (tertiary/aromatic N) is 1. The van der Waals surface area contributed by atoms with Crippen molar-refractivity contribution in [3.63, 3.8) is 0 Å². The number of hydrogen-bond acceptors (Lipinski definition) is 6. The van der Waals surface area contributed by atoms with E-state index < -0.39 is 13.9 Å². The van der Waals surface area contributed by atoms with Crippen LogP contribution in [0.1, 0.15) is 110 Å². The zero-order chi connectivity index (χ0) is 24.9. The lowest BCUT2D eigenvalue weighted by atomic mass is 10.0. The fourth-order valence-electron chi connectivity index (χ4n) is 4.84. The summed E-state index contributed by atoms with van der Waals surface area (Å²) in [5.41, 5.74) is 0. The number of aliphatic hydroxyl groups excluding tert-OH is 1. The zero-order valence-electron chi connectivity index (χ0n) is 22.4. The Balaban J connectivity index is 1.40. The Bertz CT molecular complexity index is 590. The summed E-state index contributed by atoms with van der Waals surface area (Å²) in [4.78, 5) is 0. The number of fused-ring (bicyclic) bond motifs is 1. The number of likely N-dealkylation sites (N-methyl/N-ethyl adjacent to an activating group) is 1. The van der Waals surface area contributed by atoms with Crippen LogP contribution in [0.25, 0.3) is 0 Å². The first-order valence-corrected chi connectivity index (χ1v) is 15.5. The lowest BCUT2D eigenvalue weighted by Gasteiger charge is -2.28. The molecule has 0 aromatic carbocycles. The van der Waals surface area contributed by atoms with E-state index >= 15 is 0 Å². The van der Waals surface area contributed by atoms with Gasteiger partial charge in [-0.15, -0.1) is 0 Å². The number of hydrogen-bond donors (Lipinski definition) is 1. The molecule has 2 rings (SSSR count). The van der Waals surface area contributed by atoms with Gasteiger partial charge in [-0.1, -0.05) is 90.4 Å². The first kappa shape index (κ1) is 30.2. The number of phosphoric ester groups is 1. The average molecular weight is 507 g/mol. The van der Waals surface area contributed by atoms with Gasteiger partial charge in [-0.3, -0.25) is 9.05 Å². The number of phosphoric acid groups is 1. The van der Waals surface area contributed by atoms with Crippen LogP contribution in [0.5, 0.6) is 0 Å². The van der Waals surface area contributed by atoms with Gasteiger partial charge in [-0.05, 0) is 13.3 Å². The molecular weight excluding hydrogens is 453 g/mol. The van der Waals surface area contributed by atoms with E-state index in [0.29, 0.717) is 11.1 Å². The predicted molar refractivity (Wildman–Crippen MR) is 137 cm³/mol. The third kappa shape index (κ3) is 10.9. The molecule has 202 valence electrons. The van der Waals surface area contributed by atoms with Crippen molar-refractivity contribution in [1.29, 1.82) is 0 Å². The minimum Gasteiger partial charge on any atom is -0.388 e. The van der Waals surface area contributed by atoms with E-state index in [-0.39, 0.29) is 25.0 Å². The number of quaternary nitrogens is 1. The third-order valence-electron chi connectivity index (χ3n) is 7.32. The lowest BCUT2D eigenvalue weighted by molar-refractivity contribution is -0.920. The van der Waals surface area contributed by atoms with E-state index in [9.17, 15) is 9.67 Å². The Morgan fingerprint density at radius 3 is 1.97 bits per heavy atom. The Morgan fingerprint density at radius 1 is 0.912 bits per heavy atom. The third-order valence-corrected chi connectivity index (χ3v) is 8.79. The molecule has 2 heterocycles. The molecular formula is C26H53NO6P+. The summed E-state index contributed by atoms with van der Waals surface area (Å²) in [5, 5.41) is 10.3. The molecule has 0 aromatic heterocycles. The molecule has 0 amide bonds. The highest BCUT2D eigenvalue weighted by Gasteiger charge is 2.57. The van der Waals surface area contributed by atoms with Crippen molar-refractivity contribution in [3.05, 3.63) is 0 Å². The Kier molecular flexibility index (Phi) is 14.2. The maximum absolute atomic E-state index is 12.7. The average Bonchev–Trinajstić information content (AvgIpc) is 3.29. The molecule has 0 bridgehead atoms. The van der Waals surface area contributed by atoms with Crippen LogP contribution in [0.4, 0.5) is 0 Å². The number of unbranched alkanes of at least 4 members (excludes halogenated alkanes) is 13.